The molecule has 3 atom stereocenters. The lowest BCUT2D eigenvalue weighted by Gasteiger charge is -2.35. The zero-order valence-corrected chi connectivity index (χ0v) is 9.78. The second-order valence-corrected chi connectivity index (χ2v) is 4.84. The molecule has 15 heavy (non-hydrogen) atoms. The van der Waals surface area contributed by atoms with Crippen LogP contribution in [0, 0.1) is 11.8 Å². The lowest BCUT2D eigenvalue weighted by molar-refractivity contribution is -0.119. The van der Waals surface area contributed by atoms with Gasteiger partial charge in [0.25, 0.3) is 0 Å². The summed E-state index contributed by atoms with van der Waals surface area (Å²) in [6.07, 6.45) is 1.92. The van der Waals surface area contributed by atoms with Crippen LogP contribution in [0.3, 0.4) is 0 Å². The van der Waals surface area contributed by atoms with Crippen molar-refractivity contribution in [3.8, 4) is 0 Å². The molecule has 0 aromatic heterocycles. The van der Waals surface area contributed by atoms with E-state index in [-0.39, 0.29) is 0 Å². The second-order valence-electron chi connectivity index (χ2n) is 4.84. The lowest BCUT2D eigenvalue weighted by atomic mass is 9.88. The number of nitrogens with zero attached hydrogens (tertiary/aromatic N) is 1. The van der Waals surface area contributed by atoms with Crippen molar-refractivity contribution >= 4 is 5.91 Å². The Bertz CT molecular complexity index is 220. The molecule has 0 bridgehead atoms. The van der Waals surface area contributed by atoms with Crippen LogP contribution in [0.5, 0.6) is 0 Å². The minimum absolute atomic E-state index is 0.395. The van der Waals surface area contributed by atoms with Crippen molar-refractivity contribution in [3.05, 3.63) is 0 Å². The minimum Gasteiger partial charge on any atom is -0.368 e. The van der Waals surface area contributed by atoms with E-state index >= 15 is 0 Å². The quantitative estimate of drug-likeness (QED) is 0.699. The smallest absolute Gasteiger partial charge is 0.234 e. The van der Waals surface area contributed by atoms with Crippen LogP contribution in [0.4, 0.5) is 0 Å². The Kier molecular flexibility index (Phi) is 4.54. The number of hydrogen-bond donors (Lipinski definition) is 2. The Morgan fingerprint density at radius 2 is 2.13 bits per heavy atom. The predicted molar refractivity (Wildman–Crippen MR) is 61.2 cm³/mol. The van der Waals surface area contributed by atoms with Crippen LogP contribution in [-0.4, -0.2) is 36.5 Å². The summed E-state index contributed by atoms with van der Waals surface area (Å²) >= 11 is 0. The van der Waals surface area contributed by atoms with Crippen molar-refractivity contribution in [2.75, 3.05) is 19.6 Å². The largest absolute Gasteiger partial charge is 0.368 e. The maximum absolute atomic E-state index is 10.8. The van der Waals surface area contributed by atoms with E-state index in [0.29, 0.717) is 6.42 Å². The third kappa shape index (κ3) is 3.80. The van der Waals surface area contributed by atoms with Crippen molar-refractivity contribution in [3.63, 3.8) is 0 Å². The van der Waals surface area contributed by atoms with E-state index in [1.54, 1.807) is 0 Å². The first-order valence-corrected chi connectivity index (χ1v) is 5.78. The highest BCUT2D eigenvalue weighted by Gasteiger charge is 2.23. The molecule has 1 aliphatic heterocycles. The molecule has 1 rings (SSSR count). The van der Waals surface area contributed by atoms with Gasteiger partial charge in [-0.15, -0.1) is 0 Å². The van der Waals surface area contributed by atoms with Gasteiger partial charge in [-0.1, -0.05) is 13.8 Å². The van der Waals surface area contributed by atoms with Crippen LogP contribution in [0.1, 0.15) is 26.7 Å². The van der Waals surface area contributed by atoms with Gasteiger partial charge in [0, 0.05) is 13.1 Å². The Morgan fingerprint density at radius 3 is 2.67 bits per heavy atom. The Hall–Kier alpha value is -0.610. The third-order valence-corrected chi connectivity index (χ3v) is 3.54. The molecule has 88 valence electrons. The molecule has 4 N–H and O–H groups in total. The molecule has 1 saturated heterocycles. The Morgan fingerprint density at radius 1 is 1.47 bits per heavy atom. The van der Waals surface area contributed by atoms with Gasteiger partial charge in [-0.05, 0) is 31.2 Å². The molecule has 4 nitrogen and oxygen atoms in total. The predicted octanol–water partition coefficient (Wildman–Crippen LogP) is 0.167. The number of amides is 1. The van der Waals surface area contributed by atoms with E-state index in [0.717, 1.165) is 31.5 Å². The zero-order valence-electron chi connectivity index (χ0n) is 9.78. The van der Waals surface area contributed by atoms with Gasteiger partial charge in [-0.25, -0.2) is 0 Å². The molecule has 0 spiro atoms. The molecule has 0 aromatic rings. The first kappa shape index (κ1) is 12.5. The molecule has 0 radical (unpaired) electrons. The summed E-state index contributed by atoms with van der Waals surface area (Å²) in [7, 11) is 0. The topological polar surface area (TPSA) is 72.3 Å². The van der Waals surface area contributed by atoms with Crippen molar-refractivity contribution in [1.29, 1.82) is 0 Å². The van der Waals surface area contributed by atoms with Gasteiger partial charge in [0.2, 0.25) is 5.91 Å². The maximum Gasteiger partial charge on any atom is 0.234 e. The first-order valence-electron chi connectivity index (χ1n) is 5.78. The number of carbonyl (C=O) groups excluding carboxylic acids is 1. The van der Waals surface area contributed by atoms with E-state index in [4.69, 9.17) is 11.5 Å². The Labute approximate surface area is 92.0 Å². The SMILES string of the molecule is CC1CCN(CCC(N)C(N)=O)CC1C. The molecule has 1 heterocycles. The average molecular weight is 213 g/mol. The monoisotopic (exact) mass is 213 g/mol. The molecule has 1 fully saturated rings. The fourth-order valence-corrected chi connectivity index (χ4v) is 2.02. The molecule has 4 heteroatoms. The number of piperidine rings is 1. The van der Waals surface area contributed by atoms with Crippen molar-refractivity contribution in [2.24, 2.45) is 23.3 Å². The Balaban J connectivity index is 2.25. The van der Waals surface area contributed by atoms with Crippen LogP contribution in [0.25, 0.3) is 0 Å². The molecular weight excluding hydrogens is 190 g/mol. The van der Waals surface area contributed by atoms with Gasteiger partial charge in [0.15, 0.2) is 0 Å². The van der Waals surface area contributed by atoms with Crippen LogP contribution in [-0.2, 0) is 4.79 Å². The lowest BCUT2D eigenvalue weighted by Crippen LogP contribution is -2.43. The number of primary amides is 1. The molecule has 0 aliphatic carbocycles. The highest BCUT2D eigenvalue weighted by Crippen LogP contribution is 2.22. The minimum atomic E-state index is -0.486. The van der Waals surface area contributed by atoms with Gasteiger partial charge in [-0.2, -0.15) is 0 Å². The molecule has 1 aliphatic rings. The van der Waals surface area contributed by atoms with Crippen LogP contribution in [0.15, 0.2) is 0 Å². The third-order valence-electron chi connectivity index (χ3n) is 3.54. The maximum atomic E-state index is 10.8. The van der Waals surface area contributed by atoms with Crippen LogP contribution in [0.2, 0.25) is 0 Å². The number of likely N-dealkylation sites (tertiary alicyclic amines) is 1. The number of nitrogens with two attached hydrogens (primary N) is 2. The van der Waals surface area contributed by atoms with E-state index in [9.17, 15) is 4.79 Å². The standard InChI is InChI=1S/C11H23N3O/c1-8-3-5-14(7-9(8)2)6-4-10(12)11(13)15/h8-10H,3-7,12H2,1-2H3,(H2,13,15). The summed E-state index contributed by atoms with van der Waals surface area (Å²) in [6, 6.07) is -0.486. The number of hydrogen-bond acceptors (Lipinski definition) is 3. The van der Waals surface area contributed by atoms with E-state index in [2.05, 4.69) is 18.7 Å². The summed E-state index contributed by atoms with van der Waals surface area (Å²) in [5.41, 5.74) is 10.7. The fraction of sp³-hybridized carbons (Fsp3) is 0.909. The number of carbonyl (C=O) groups is 1. The van der Waals surface area contributed by atoms with Gasteiger partial charge in [0.1, 0.15) is 0 Å². The normalized spacial score (nSPS) is 30.1. The van der Waals surface area contributed by atoms with Gasteiger partial charge in [-0.3, -0.25) is 4.79 Å². The summed E-state index contributed by atoms with van der Waals surface area (Å²) in [6.45, 7) is 7.72. The van der Waals surface area contributed by atoms with E-state index in [1.165, 1.54) is 6.42 Å². The van der Waals surface area contributed by atoms with Crippen LogP contribution < -0.4 is 11.5 Å². The summed E-state index contributed by atoms with van der Waals surface area (Å²) in [4.78, 5) is 13.1. The first-order chi connectivity index (χ1) is 7.00. The molecular formula is C11H23N3O. The summed E-state index contributed by atoms with van der Waals surface area (Å²) < 4.78 is 0. The van der Waals surface area contributed by atoms with Crippen molar-refractivity contribution in [1.82, 2.24) is 4.90 Å². The van der Waals surface area contributed by atoms with E-state index in [1.807, 2.05) is 0 Å². The zero-order chi connectivity index (χ0) is 11.4. The van der Waals surface area contributed by atoms with Crippen molar-refractivity contribution in [2.45, 2.75) is 32.7 Å². The highest BCUT2D eigenvalue weighted by atomic mass is 16.1. The highest BCUT2D eigenvalue weighted by molar-refractivity contribution is 5.79. The number of rotatable bonds is 4. The molecule has 0 saturated carbocycles. The molecule has 3 unspecified atom stereocenters. The average Bonchev–Trinajstić information content (AvgIpc) is 2.19. The molecule has 1 amide bonds. The summed E-state index contributed by atoms with van der Waals surface area (Å²) in [5, 5.41) is 0. The van der Waals surface area contributed by atoms with Gasteiger partial charge < -0.3 is 16.4 Å². The summed E-state index contributed by atoms with van der Waals surface area (Å²) in [5.74, 6) is 1.16. The van der Waals surface area contributed by atoms with Crippen LogP contribution >= 0.6 is 0 Å². The van der Waals surface area contributed by atoms with Gasteiger partial charge in [0.05, 0.1) is 6.04 Å². The van der Waals surface area contributed by atoms with Gasteiger partial charge >= 0.3 is 0 Å². The molecule has 0 aromatic carbocycles. The van der Waals surface area contributed by atoms with E-state index < -0.39 is 11.9 Å². The van der Waals surface area contributed by atoms with Crippen molar-refractivity contribution < 1.29 is 4.79 Å². The second kappa shape index (κ2) is 5.47. The fourth-order valence-electron chi connectivity index (χ4n) is 2.02.